The van der Waals surface area contributed by atoms with Gasteiger partial charge in [0.2, 0.25) is 5.91 Å². The fourth-order valence-electron chi connectivity index (χ4n) is 3.70. The Morgan fingerprint density at radius 1 is 1.08 bits per heavy atom. The van der Waals surface area contributed by atoms with Crippen molar-refractivity contribution in [1.82, 2.24) is 4.57 Å². The molecule has 1 aliphatic rings. The van der Waals surface area contributed by atoms with E-state index in [1.54, 1.807) is 4.57 Å². The van der Waals surface area contributed by atoms with Gasteiger partial charge in [0.05, 0.1) is 25.0 Å². The molecule has 2 aromatic carbocycles. The first-order chi connectivity index (χ1) is 11.7. The number of hydrogen-bond donors (Lipinski definition) is 0. The van der Waals surface area contributed by atoms with Gasteiger partial charge >= 0.3 is 5.97 Å². The summed E-state index contributed by atoms with van der Waals surface area (Å²) in [7, 11) is 1.38. The molecule has 24 heavy (non-hydrogen) atoms. The molecule has 0 bridgehead atoms. The molecule has 4 rings (SSSR count). The zero-order valence-electron chi connectivity index (χ0n) is 13.3. The van der Waals surface area contributed by atoms with Gasteiger partial charge in [-0.3, -0.25) is 14.2 Å². The molecular weight excluding hydrogens is 302 g/mol. The van der Waals surface area contributed by atoms with Crippen LogP contribution in [0.3, 0.4) is 0 Å². The summed E-state index contributed by atoms with van der Waals surface area (Å²) in [4.78, 5) is 25.1. The van der Waals surface area contributed by atoms with Crippen LogP contribution in [0.2, 0.25) is 0 Å². The van der Waals surface area contributed by atoms with E-state index in [9.17, 15) is 9.59 Å². The quantitative estimate of drug-likeness (QED) is 0.691. The molecule has 0 amide bonds. The van der Waals surface area contributed by atoms with Gasteiger partial charge < -0.3 is 4.74 Å². The van der Waals surface area contributed by atoms with Gasteiger partial charge in [0, 0.05) is 17.0 Å². The van der Waals surface area contributed by atoms with E-state index >= 15 is 0 Å². The van der Waals surface area contributed by atoms with Crippen molar-refractivity contribution in [2.75, 3.05) is 7.11 Å². The van der Waals surface area contributed by atoms with Gasteiger partial charge in [-0.2, -0.15) is 0 Å². The number of carbonyl (C=O) groups is 2. The van der Waals surface area contributed by atoms with E-state index in [0.717, 1.165) is 22.2 Å². The highest BCUT2D eigenvalue weighted by Crippen LogP contribution is 2.45. The van der Waals surface area contributed by atoms with Crippen LogP contribution in [-0.2, 0) is 9.53 Å². The summed E-state index contributed by atoms with van der Waals surface area (Å²) in [6.45, 7) is 0. The normalized spacial score (nSPS) is 19.5. The van der Waals surface area contributed by atoms with Crippen LogP contribution in [0.15, 0.2) is 60.7 Å². The van der Waals surface area contributed by atoms with Gasteiger partial charge in [-0.25, -0.2) is 0 Å². The van der Waals surface area contributed by atoms with Crippen molar-refractivity contribution < 1.29 is 14.3 Å². The van der Waals surface area contributed by atoms with Gasteiger partial charge in [-0.1, -0.05) is 48.5 Å². The zero-order chi connectivity index (χ0) is 16.7. The van der Waals surface area contributed by atoms with Crippen molar-refractivity contribution in [2.45, 2.75) is 18.3 Å². The first-order valence-corrected chi connectivity index (χ1v) is 7.97. The smallest absolute Gasteiger partial charge is 0.306 e. The van der Waals surface area contributed by atoms with Gasteiger partial charge in [0.1, 0.15) is 0 Å². The molecule has 3 aromatic rings. The minimum atomic E-state index is -0.357. The lowest BCUT2D eigenvalue weighted by Gasteiger charge is -2.17. The van der Waals surface area contributed by atoms with Gasteiger partial charge in [0.25, 0.3) is 0 Å². The molecule has 0 spiro atoms. The third kappa shape index (κ3) is 2.14. The SMILES string of the molecule is COC(=O)C[C@H]1c2cc3ccccc3n2C(=O)[C@H]1c1ccccc1. The minimum Gasteiger partial charge on any atom is -0.469 e. The van der Waals surface area contributed by atoms with Crippen LogP contribution in [0.4, 0.5) is 0 Å². The lowest BCUT2D eigenvalue weighted by molar-refractivity contribution is -0.141. The summed E-state index contributed by atoms with van der Waals surface area (Å²) >= 11 is 0. The summed E-state index contributed by atoms with van der Waals surface area (Å²) in [5.74, 6) is -0.844. The molecule has 0 fully saturated rings. The monoisotopic (exact) mass is 319 g/mol. The second-order valence-electron chi connectivity index (χ2n) is 6.08. The molecule has 2 atom stereocenters. The molecular formula is C20H17NO3. The number of rotatable bonds is 3. The summed E-state index contributed by atoms with van der Waals surface area (Å²) in [6.07, 6.45) is 0.193. The Kier molecular flexibility index (Phi) is 3.45. The number of hydrogen-bond acceptors (Lipinski definition) is 3. The minimum absolute atomic E-state index is 0.0197. The van der Waals surface area contributed by atoms with Crippen LogP contribution in [-0.4, -0.2) is 23.6 Å². The summed E-state index contributed by atoms with van der Waals surface area (Å²) in [6, 6.07) is 19.5. The average Bonchev–Trinajstić information content (AvgIpc) is 3.12. The number of fused-ring (bicyclic) bond motifs is 3. The van der Waals surface area contributed by atoms with E-state index in [4.69, 9.17) is 4.74 Å². The highest BCUT2D eigenvalue weighted by molar-refractivity contribution is 6.01. The Labute approximate surface area is 139 Å². The molecule has 0 saturated carbocycles. The van der Waals surface area contributed by atoms with Gasteiger partial charge in [0.15, 0.2) is 0 Å². The molecule has 0 aliphatic carbocycles. The van der Waals surface area contributed by atoms with E-state index < -0.39 is 0 Å². The van der Waals surface area contributed by atoms with Gasteiger partial charge in [-0.05, 0) is 17.7 Å². The molecule has 0 radical (unpaired) electrons. The first-order valence-electron chi connectivity index (χ1n) is 7.97. The number of benzene rings is 2. The Hall–Kier alpha value is -2.88. The van der Waals surface area contributed by atoms with Crippen LogP contribution in [0.5, 0.6) is 0 Å². The van der Waals surface area contributed by atoms with Crippen LogP contribution in [0.25, 0.3) is 10.9 Å². The summed E-state index contributed by atoms with van der Waals surface area (Å²) in [5, 5.41) is 1.02. The second-order valence-corrected chi connectivity index (χ2v) is 6.08. The van der Waals surface area contributed by atoms with Crippen molar-refractivity contribution in [2.24, 2.45) is 0 Å². The molecule has 1 aromatic heterocycles. The molecule has 4 heteroatoms. The third-order valence-electron chi connectivity index (χ3n) is 4.78. The van der Waals surface area contributed by atoms with Crippen LogP contribution in [0.1, 0.15) is 34.3 Å². The molecule has 0 N–H and O–H groups in total. The number of ether oxygens (including phenoxy) is 1. The molecule has 2 heterocycles. The molecule has 120 valence electrons. The number of para-hydroxylation sites is 1. The van der Waals surface area contributed by atoms with E-state index in [2.05, 4.69) is 0 Å². The maximum Gasteiger partial charge on any atom is 0.306 e. The summed E-state index contributed by atoms with van der Waals surface area (Å²) < 4.78 is 6.63. The Morgan fingerprint density at radius 3 is 2.54 bits per heavy atom. The number of aromatic nitrogens is 1. The lowest BCUT2D eigenvalue weighted by Crippen LogP contribution is -2.17. The molecule has 1 aliphatic heterocycles. The predicted octanol–water partition coefficient (Wildman–Crippen LogP) is 3.73. The second kappa shape index (κ2) is 5.64. The standard InChI is InChI=1S/C20H17NO3/c1-24-18(22)12-15-17-11-14-9-5-6-10-16(14)21(17)20(23)19(15)13-7-3-2-4-8-13/h2-11,15,19H,12H2,1H3/t15-,19-/m0/s1. The molecule has 0 unspecified atom stereocenters. The van der Waals surface area contributed by atoms with E-state index in [1.807, 2.05) is 60.7 Å². The maximum atomic E-state index is 13.2. The van der Waals surface area contributed by atoms with Crippen LogP contribution in [0, 0.1) is 0 Å². The Bertz CT molecular complexity index is 926. The predicted molar refractivity (Wildman–Crippen MR) is 91.1 cm³/mol. The van der Waals surface area contributed by atoms with E-state index in [1.165, 1.54) is 7.11 Å². The van der Waals surface area contributed by atoms with Crippen LogP contribution < -0.4 is 0 Å². The maximum absolute atomic E-state index is 13.2. The zero-order valence-corrected chi connectivity index (χ0v) is 13.3. The first kappa shape index (κ1) is 14.7. The highest BCUT2D eigenvalue weighted by atomic mass is 16.5. The fourth-order valence-corrected chi connectivity index (χ4v) is 3.70. The number of esters is 1. The van der Waals surface area contributed by atoms with Crippen molar-refractivity contribution >= 4 is 22.8 Å². The van der Waals surface area contributed by atoms with E-state index in [-0.39, 0.29) is 30.1 Å². The summed E-state index contributed by atoms with van der Waals surface area (Å²) in [5.41, 5.74) is 2.72. The molecule has 4 nitrogen and oxygen atoms in total. The topological polar surface area (TPSA) is 48.3 Å². The Balaban J connectivity index is 1.88. The van der Waals surface area contributed by atoms with Crippen molar-refractivity contribution in [3.05, 3.63) is 71.9 Å². The number of methoxy groups -OCH3 is 1. The average molecular weight is 319 g/mol. The Morgan fingerprint density at radius 2 is 1.79 bits per heavy atom. The number of nitrogens with zero attached hydrogens (tertiary/aromatic N) is 1. The van der Waals surface area contributed by atoms with Gasteiger partial charge in [-0.15, -0.1) is 0 Å². The van der Waals surface area contributed by atoms with Crippen molar-refractivity contribution in [3.8, 4) is 0 Å². The number of carbonyl (C=O) groups excluding carboxylic acids is 2. The lowest BCUT2D eigenvalue weighted by atomic mass is 9.84. The van der Waals surface area contributed by atoms with Crippen molar-refractivity contribution in [1.29, 1.82) is 0 Å². The largest absolute Gasteiger partial charge is 0.469 e. The fraction of sp³-hybridized carbons (Fsp3) is 0.200. The van der Waals surface area contributed by atoms with E-state index in [0.29, 0.717) is 0 Å². The van der Waals surface area contributed by atoms with Crippen LogP contribution >= 0.6 is 0 Å². The third-order valence-corrected chi connectivity index (χ3v) is 4.78. The highest BCUT2D eigenvalue weighted by Gasteiger charge is 2.43. The molecule has 0 saturated heterocycles. The van der Waals surface area contributed by atoms with Crippen molar-refractivity contribution in [3.63, 3.8) is 0 Å².